The lowest BCUT2D eigenvalue weighted by molar-refractivity contribution is -0.318. The van der Waals surface area contributed by atoms with E-state index in [1.54, 1.807) is 21.3 Å². The molecule has 6 fully saturated rings. The predicted octanol–water partition coefficient (Wildman–Crippen LogP) is 0.645. The average Bonchev–Trinajstić information content (AvgIpc) is 3.16. The van der Waals surface area contributed by atoms with E-state index >= 15 is 0 Å². The largest absolute Gasteiger partial charge is 0.390 e. The van der Waals surface area contributed by atoms with Crippen molar-refractivity contribution in [2.75, 3.05) is 34.4 Å². The maximum atomic E-state index is 12.6. The zero-order valence-corrected chi connectivity index (χ0v) is 19.5. The van der Waals surface area contributed by atoms with Gasteiger partial charge in [-0.2, -0.15) is 0 Å². The van der Waals surface area contributed by atoms with Crippen LogP contribution in [0.5, 0.6) is 0 Å². The first kappa shape index (κ1) is 21.3. The third-order valence-electron chi connectivity index (χ3n) is 11.3. The molecule has 7 bridgehead atoms. The van der Waals surface area contributed by atoms with Crippen LogP contribution in [0.25, 0.3) is 0 Å². The monoisotopic (exact) mass is 437 g/mol. The number of ether oxygens (including phenoxy) is 3. The van der Waals surface area contributed by atoms with Crippen LogP contribution in [0.3, 0.4) is 0 Å². The second-order valence-corrected chi connectivity index (χ2v) is 11.8. The Morgan fingerprint density at radius 1 is 1.10 bits per heavy atom. The summed E-state index contributed by atoms with van der Waals surface area (Å²) in [5.74, 6) is -0.0415. The molecule has 0 aromatic heterocycles. The number of methoxy groups -OCH3 is 3. The fraction of sp³-hybridized carbons (Fsp3) is 1.00. The molecule has 1 aliphatic heterocycles. The van der Waals surface area contributed by atoms with Gasteiger partial charge in [-0.25, -0.2) is 0 Å². The fourth-order valence-electron chi connectivity index (χ4n) is 10.7. The van der Waals surface area contributed by atoms with Gasteiger partial charge in [0.05, 0.1) is 30.5 Å². The first-order valence-electron chi connectivity index (χ1n) is 12.2. The van der Waals surface area contributed by atoms with Gasteiger partial charge in [0.25, 0.3) is 0 Å². The Morgan fingerprint density at radius 2 is 1.84 bits per heavy atom. The van der Waals surface area contributed by atoms with E-state index in [9.17, 15) is 15.3 Å². The quantitative estimate of drug-likeness (QED) is 0.595. The minimum Gasteiger partial charge on any atom is -0.390 e. The summed E-state index contributed by atoms with van der Waals surface area (Å²) >= 11 is 0. The standard InChI is InChI=1S/C24H39NO6/c1-6-25-11-21(2)8-7-15(30-4)23-13-9-12-14(29-3)10-22(27,16(13)17(12)31-5)24(28,20(23)25)19(26)18(21)23/h12-20,26-28H,6-11H2,1-5H3. The van der Waals surface area contributed by atoms with E-state index in [-0.39, 0.29) is 53.4 Å². The van der Waals surface area contributed by atoms with Crippen LogP contribution < -0.4 is 0 Å². The van der Waals surface area contributed by atoms with Gasteiger partial charge in [-0.15, -0.1) is 0 Å². The molecule has 31 heavy (non-hydrogen) atoms. The Morgan fingerprint density at radius 3 is 2.45 bits per heavy atom. The molecule has 0 amide bonds. The molecule has 13 atom stereocenters. The molecule has 176 valence electrons. The molecule has 1 spiro atoms. The van der Waals surface area contributed by atoms with E-state index < -0.39 is 22.7 Å². The van der Waals surface area contributed by atoms with Crippen molar-refractivity contribution < 1.29 is 29.5 Å². The van der Waals surface area contributed by atoms with Crippen LogP contribution in [-0.2, 0) is 14.2 Å². The molecule has 0 aromatic carbocycles. The lowest BCUT2D eigenvalue weighted by Gasteiger charge is -2.70. The van der Waals surface area contributed by atoms with Gasteiger partial charge in [-0.1, -0.05) is 13.8 Å². The number of piperidine rings is 1. The highest BCUT2D eigenvalue weighted by Crippen LogP contribution is 2.80. The fourth-order valence-corrected chi connectivity index (χ4v) is 10.7. The topological polar surface area (TPSA) is 91.6 Å². The summed E-state index contributed by atoms with van der Waals surface area (Å²) < 4.78 is 18.1. The molecule has 6 rings (SSSR count). The van der Waals surface area contributed by atoms with Crippen LogP contribution >= 0.6 is 0 Å². The summed E-state index contributed by atoms with van der Waals surface area (Å²) in [7, 11) is 5.18. The molecular weight excluding hydrogens is 398 g/mol. The van der Waals surface area contributed by atoms with E-state index in [1.165, 1.54) is 0 Å². The number of hydrogen-bond acceptors (Lipinski definition) is 7. The van der Waals surface area contributed by atoms with Gasteiger partial charge in [0.15, 0.2) is 0 Å². The normalized spacial score (nSPS) is 64.1. The molecule has 5 aliphatic carbocycles. The van der Waals surface area contributed by atoms with Crippen molar-refractivity contribution in [3.8, 4) is 0 Å². The van der Waals surface area contributed by atoms with Gasteiger partial charge in [0.1, 0.15) is 11.2 Å². The van der Waals surface area contributed by atoms with Crippen molar-refractivity contribution in [2.24, 2.45) is 34.5 Å². The van der Waals surface area contributed by atoms with Gasteiger partial charge < -0.3 is 29.5 Å². The van der Waals surface area contributed by atoms with Gasteiger partial charge in [-0.3, -0.25) is 4.90 Å². The SMILES string of the molecule is CCN1CC2(C)CCC(OC)C34C5CC6C(OC)CC(O)(C5C6OC)C(O)(C(O)C23)C14. The molecule has 1 heterocycles. The second-order valence-electron chi connectivity index (χ2n) is 11.8. The molecule has 5 saturated carbocycles. The molecule has 1 saturated heterocycles. The van der Waals surface area contributed by atoms with E-state index in [4.69, 9.17) is 14.2 Å². The zero-order valence-electron chi connectivity index (χ0n) is 19.5. The van der Waals surface area contributed by atoms with Gasteiger partial charge >= 0.3 is 0 Å². The third-order valence-corrected chi connectivity index (χ3v) is 11.3. The van der Waals surface area contributed by atoms with Gasteiger partial charge in [0, 0.05) is 57.5 Å². The number of aliphatic hydroxyl groups is 3. The Balaban J connectivity index is 1.67. The minimum absolute atomic E-state index is 0.0546. The van der Waals surface area contributed by atoms with Crippen LogP contribution in [0.2, 0.25) is 0 Å². The van der Waals surface area contributed by atoms with Crippen LogP contribution in [0.1, 0.15) is 39.5 Å². The summed E-state index contributed by atoms with van der Waals surface area (Å²) in [5.41, 5.74) is -3.64. The Labute approximate surface area is 185 Å². The Kier molecular flexibility index (Phi) is 4.28. The van der Waals surface area contributed by atoms with Gasteiger partial charge in [0.2, 0.25) is 0 Å². The highest BCUT2D eigenvalue weighted by atomic mass is 16.5. The first-order valence-corrected chi connectivity index (χ1v) is 12.2. The number of hydrogen-bond donors (Lipinski definition) is 3. The van der Waals surface area contributed by atoms with Crippen molar-refractivity contribution in [1.29, 1.82) is 0 Å². The minimum atomic E-state index is -1.64. The number of aliphatic hydroxyl groups excluding tert-OH is 1. The van der Waals surface area contributed by atoms with Crippen LogP contribution in [-0.4, -0.2) is 96.3 Å². The third kappa shape index (κ3) is 1.93. The summed E-state index contributed by atoms with van der Waals surface area (Å²) in [4.78, 5) is 2.36. The van der Waals surface area contributed by atoms with E-state index in [2.05, 4.69) is 18.7 Å². The molecule has 6 aliphatic rings. The van der Waals surface area contributed by atoms with Crippen molar-refractivity contribution in [1.82, 2.24) is 4.90 Å². The summed E-state index contributed by atoms with van der Waals surface area (Å²) in [6.07, 6.45) is 1.67. The summed E-state index contributed by atoms with van der Waals surface area (Å²) in [6.45, 7) is 6.04. The number of nitrogens with zero attached hydrogens (tertiary/aromatic N) is 1. The summed E-state index contributed by atoms with van der Waals surface area (Å²) in [5, 5.41) is 37.1. The van der Waals surface area contributed by atoms with Crippen molar-refractivity contribution in [2.45, 2.75) is 81.2 Å². The molecule has 7 heteroatoms. The Bertz CT molecular complexity index is 781. The number of likely N-dealkylation sites (tertiary alicyclic amines) is 1. The maximum absolute atomic E-state index is 12.6. The lowest BCUT2D eigenvalue weighted by Crippen LogP contribution is -2.81. The molecule has 0 aromatic rings. The van der Waals surface area contributed by atoms with Crippen molar-refractivity contribution >= 4 is 0 Å². The maximum Gasteiger partial charge on any atom is 0.136 e. The number of likely N-dealkylation sites (N-methyl/N-ethyl adjacent to an activating group) is 1. The van der Waals surface area contributed by atoms with E-state index in [0.717, 1.165) is 32.4 Å². The Hall–Kier alpha value is -0.280. The molecule has 0 radical (unpaired) electrons. The predicted molar refractivity (Wildman–Crippen MR) is 112 cm³/mol. The zero-order chi connectivity index (χ0) is 22.1. The highest BCUT2D eigenvalue weighted by Gasteiger charge is 2.90. The molecule has 3 N–H and O–H groups in total. The van der Waals surface area contributed by atoms with Gasteiger partial charge in [-0.05, 0) is 37.1 Å². The molecular formula is C24H39NO6. The van der Waals surface area contributed by atoms with Crippen LogP contribution in [0, 0.1) is 34.5 Å². The van der Waals surface area contributed by atoms with Crippen molar-refractivity contribution in [3.05, 3.63) is 0 Å². The highest BCUT2D eigenvalue weighted by molar-refractivity contribution is 5.40. The summed E-state index contributed by atoms with van der Waals surface area (Å²) in [6, 6.07) is -0.332. The average molecular weight is 438 g/mol. The molecule has 7 nitrogen and oxygen atoms in total. The number of rotatable bonds is 4. The lowest BCUT2D eigenvalue weighted by atomic mass is 9.43. The van der Waals surface area contributed by atoms with E-state index in [0.29, 0.717) is 6.42 Å². The molecule has 13 unspecified atom stereocenters. The number of fused-ring (bicyclic) bond motifs is 2. The van der Waals surface area contributed by atoms with Crippen molar-refractivity contribution in [3.63, 3.8) is 0 Å². The van der Waals surface area contributed by atoms with Crippen LogP contribution in [0.15, 0.2) is 0 Å². The second kappa shape index (κ2) is 6.23. The van der Waals surface area contributed by atoms with Crippen LogP contribution in [0.4, 0.5) is 0 Å². The van der Waals surface area contributed by atoms with E-state index in [1.807, 2.05) is 0 Å². The smallest absolute Gasteiger partial charge is 0.136 e. The first-order chi connectivity index (χ1) is 14.7.